The van der Waals surface area contributed by atoms with Crippen molar-refractivity contribution in [1.29, 1.82) is 0 Å². The highest BCUT2D eigenvalue weighted by molar-refractivity contribution is 6.55. The van der Waals surface area contributed by atoms with Crippen molar-refractivity contribution in [2.24, 2.45) is 0 Å². The Morgan fingerprint density at radius 3 is 2.30 bits per heavy atom. The molecule has 0 saturated heterocycles. The average molecular weight is 296 g/mol. The molecule has 1 aliphatic heterocycles. The van der Waals surface area contributed by atoms with Crippen LogP contribution in [0.2, 0.25) is 0 Å². The molecule has 5 nitrogen and oxygen atoms in total. The Bertz CT molecular complexity index is 565. The molecule has 0 N–H and O–H groups in total. The maximum atomic E-state index is 12.3. The van der Waals surface area contributed by atoms with E-state index >= 15 is 0 Å². The van der Waals surface area contributed by atoms with E-state index in [1.165, 1.54) is 7.11 Å². The minimum absolute atomic E-state index is 0.0590. The van der Waals surface area contributed by atoms with Gasteiger partial charge in [-0.3, -0.25) is 14.5 Å². The second-order valence-electron chi connectivity index (χ2n) is 4.17. The fourth-order valence-electron chi connectivity index (χ4n) is 1.94. The molecule has 2 amide bonds. The van der Waals surface area contributed by atoms with Crippen LogP contribution >= 0.6 is 11.6 Å². The summed E-state index contributed by atoms with van der Waals surface area (Å²) in [5, 5.41) is -0.0590. The van der Waals surface area contributed by atoms with Crippen LogP contribution < -0.4 is 4.74 Å². The molecule has 2 rings (SSSR count). The van der Waals surface area contributed by atoms with Gasteiger partial charge in [0.1, 0.15) is 10.8 Å². The number of nitrogens with zero attached hydrogens (tertiary/aromatic N) is 1. The number of carbonyl (C=O) groups excluding carboxylic acids is 2. The first-order valence-electron chi connectivity index (χ1n) is 5.99. The lowest BCUT2D eigenvalue weighted by Gasteiger charge is -2.13. The summed E-state index contributed by atoms with van der Waals surface area (Å²) in [7, 11) is 3.06. The summed E-state index contributed by atoms with van der Waals surface area (Å²) in [4.78, 5) is 25.3. The molecule has 0 aliphatic carbocycles. The van der Waals surface area contributed by atoms with Gasteiger partial charge in [0.2, 0.25) is 0 Å². The quantitative estimate of drug-likeness (QED) is 0.775. The molecule has 1 heterocycles. The van der Waals surface area contributed by atoms with Crippen LogP contribution in [0, 0.1) is 0 Å². The average Bonchev–Trinajstić information content (AvgIpc) is 2.68. The molecular formula is C14H14ClNO4. The largest absolute Gasteiger partial charge is 0.497 e. The molecule has 0 spiro atoms. The standard InChI is InChI=1S/C14H14ClNO4/c1-19-8-7-16-13(17)11(12(15)14(16)18)9-3-5-10(20-2)6-4-9/h3-6H,7-8H2,1-2H3. The summed E-state index contributed by atoms with van der Waals surface area (Å²) in [6.45, 7) is 0.460. The number of benzene rings is 1. The lowest BCUT2D eigenvalue weighted by atomic mass is 10.1. The van der Waals surface area contributed by atoms with Crippen LogP contribution in [0.3, 0.4) is 0 Å². The van der Waals surface area contributed by atoms with Crippen molar-refractivity contribution in [3.05, 3.63) is 34.9 Å². The van der Waals surface area contributed by atoms with E-state index in [0.717, 1.165) is 4.90 Å². The van der Waals surface area contributed by atoms with Crippen LogP contribution in [0.5, 0.6) is 5.75 Å². The van der Waals surface area contributed by atoms with E-state index in [4.69, 9.17) is 21.1 Å². The Labute approximate surface area is 121 Å². The summed E-state index contributed by atoms with van der Waals surface area (Å²) in [6, 6.07) is 6.81. The molecule has 0 fully saturated rings. The summed E-state index contributed by atoms with van der Waals surface area (Å²) in [5.74, 6) is -0.222. The first-order valence-corrected chi connectivity index (χ1v) is 6.37. The SMILES string of the molecule is COCCN1C(=O)C(Cl)=C(c2ccc(OC)cc2)C1=O. The van der Waals surface area contributed by atoms with Gasteiger partial charge in [-0.15, -0.1) is 0 Å². The van der Waals surface area contributed by atoms with Gasteiger partial charge in [0, 0.05) is 7.11 Å². The number of imide groups is 1. The predicted octanol–water partition coefficient (Wildman–Crippen LogP) is 1.66. The van der Waals surface area contributed by atoms with Crippen molar-refractivity contribution < 1.29 is 19.1 Å². The zero-order chi connectivity index (χ0) is 14.7. The fraction of sp³-hybridized carbons (Fsp3) is 0.286. The van der Waals surface area contributed by atoms with Crippen molar-refractivity contribution in [3.63, 3.8) is 0 Å². The van der Waals surface area contributed by atoms with Crippen molar-refractivity contribution in [2.45, 2.75) is 0 Å². The van der Waals surface area contributed by atoms with Crippen LogP contribution in [0.25, 0.3) is 5.57 Å². The lowest BCUT2D eigenvalue weighted by molar-refractivity contribution is -0.137. The summed E-state index contributed by atoms with van der Waals surface area (Å²) in [5.41, 5.74) is 0.810. The highest BCUT2D eigenvalue weighted by Gasteiger charge is 2.37. The van der Waals surface area contributed by atoms with E-state index < -0.39 is 11.8 Å². The molecule has 0 radical (unpaired) electrons. The van der Waals surface area contributed by atoms with Crippen LogP contribution in [-0.2, 0) is 14.3 Å². The molecule has 0 aromatic heterocycles. The summed E-state index contributed by atoms with van der Waals surface area (Å²) >= 11 is 6.00. The fourth-order valence-corrected chi connectivity index (χ4v) is 2.23. The smallest absolute Gasteiger partial charge is 0.273 e. The second kappa shape index (κ2) is 6.07. The predicted molar refractivity (Wildman–Crippen MR) is 74.4 cm³/mol. The van der Waals surface area contributed by atoms with Crippen molar-refractivity contribution in [3.8, 4) is 5.75 Å². The number of rotatable bonds is 5. The van der Waals surface area contributed by atoms with Crippen molar-refractivity contribution >= 4 is 29.0 Å². The Morgan fingerprint density at radius 1 is 1.10 bits per heavy atom. The number of ether oxygens (including phenoxy) is 2. The lowest BCUT2D eigenvalue weighted by Crippen LogP contribution is -2.34. The van der Waals surface area contributed by atoms with Gasteiger partial charge in [0.05, 0.1) is 25.8 Å². The van der Waals surface area contributed by atoms with Gasteiger partial charge >= 0.3 is 0 Å². The number of hydrogen-bond acceptors (Lipinski definition) is 4. The topological polar surface area (TPSA) is 55.8 Å². The number of halogens is 1. The van der Waals surface area contributed by atoms with Crippen molar-refractivity contribution in [2.75, 3.05) is 27.4 Å². The first kappa shape index (κ1) is 14.6. The second-order valence-corrected chi connectivity index (χ2v) is 4.55. The third-order valence-electron chi connectivity index (χ3n) is 3.01. The summed E-state index contributed by atoms with van der Waals surface area (Å²) in [6.07, 6.45) is 0. The highest BCUT2D eigenvalue weighted by Crippen LogP contribution is 2.32. The normalized spacial score (nSPS) is 15.2. The summed E-state index contributed by atoms with van der Waals surface area (Å²) < 4.78 is 9.94. The highest BCUT2D eigenvalue weighted by atomic mass is 35.5. The number of hydrogen-bond donors (Lipinski definition) is 0. The van der Waals surface area contributed by atoms with E-state index in [2.05, 4.69) is 0 Å². The molecular weight excluding hydrogens is 282 g/mol. The molecule has 106 valence electrons. The van der Waals surface area contributed by atoms with Gasteiger partial charge < -0.3 is 9.47 Å². The molecule has 0 saturated carbocycles. The van der Waals surface area contributed by atoms with E-state index in [1.54, 1.807) is 31.4 Å². The van der Waals surface area contributed by atoms with E-state index in [9.17, 15) is 9.59 Å². The zero-order valence-electron chi connectivity index (χ0n) is 11.2. The Morgan fingerprint density at radius 2 is 1.75 bits per heavy atom. The number of amides is 2. The van der Waals surface area contributed by atoms with Gasteiger partial charge in [-0.2, -0.15) is 0 Å². The molecule has 20 heavy (non-hydrogen) atoms. The molecule has 0 unspecified atom stereocenters. The van der Waals surface area contributed by atoms with Crippen LogP contribution in [0.1, 0.15) is 5.56 Å². The first-order chi connectivity index (χ1) is 9.60. The van der Waals surface area contributed by atoms with Gasteiger partial charge in [-0.05, 0) is 17.7 Å². The monoisotopic (exact) mass is 295 g/mol. The third kappa shape index (κ3) is 2.55. The maximum absolute atomic E-state index is 12.3. The van der Waals surface area contributed by atoms with E-state index in [1.807, 2.05) is 0 Å². The number of carbonyl (C=O) groups is 2. The number of methoxy groups -OCH3 is 2. The molecule has 6 heteroatoms. The van der Waals surface area contributed by atoms with Crippen LogP contribution in [0.15, 0.2) is 29.3 Å². The van der Waals surface area contributed by atoms with Gasteiger partial charge in [-0.25, -0.2) is 0 Å². The zero-order valence-corrected chi connectivity index (χ0v) is 11.9. The Hall–Kier alpha value is -1.85. The molecule has 1 aromatic carbocycles. The molecule has 0 bridgehead atoms. The van der Waals surface area contributed by atoms with E-state index in [-0.39, 0.29) is 23.8 Å². The Kier molecular flexibility index (Phi) is 4.42. The van der Waals surface area contributed by atoms with Gasteiger partial charge in [0.25, 0.3) is 11.8 Å². The van der Waals surface area contributed by atoms with E-state index in [0.29, 0.717) is 11.3 Å². The van der Waals surface area contributed by atoms with Crippen molar-refractivity contribution in [1.82, 2.24) is 4.90 Å². The molecule has 1 aromatic rings. The molecule has 0 atom stereocenters. The van der Waals surface area contributed by atoms with Crippen LogP contribution in [0.4, 0.5) is 0 Å². The maximum Gasteiger partial charge on any atom is 0.273 e. The molecule has 1 aliphatic rings. The van der Waals surface area contributed by atoms with Gasteiger partial charge in [-0.1, -0.05) is 23.7 Å². The van der Waals surface area contributed by atoms with Crippen LogP contribution in [-0.4, -0.2) is 44.1 Å². The minimum Gasteiger partial charge on any atom is -0.497 e. The van der Waals surface area contributed by atoms with Gasteiger partial charge in [0.15, 0.2) is 0 Å². The minimum atomic E-state index is -0.487. The third-order valence-corrected chi connectivity index (χ3v) is 3.36. The Balaban J connectivity index is 2.30.